The van der Waals surface area contributed by atoms with Crippen molar-refractivity contribution in [3.05, 3.63) is 28.2 Å². The van der Waals surface area contributed by atoms with Gasteiger partial charge in [0.2, 0.25) is 0 Å². The number of aromatic carboxylic acids is 1. The van der Waals surface area contributed by atoms with Gasteiger partial charge in [0.1, 0.15) is 0 Å². The van der Waals surface area contributed by atoms with Crippen LogP contribution in [0, 0.1) is 0 Å². The Morgan fingerprint density at radius 3 is 2.50 bits per heavy atom. The average Bonchev–Trinajstić information content (AvgIpc) is 2.60. The molecule has 1 aliphatic carbocycles. The number of benzene rings is 1. The van der Waals surface area contributed by atoms with Gasteiger partial charge in [0, 0.05) is 16.2 Å². The van der Waals surface area contributed by atoms with Crippen molar-refractivity contribution in [1.29, 1.82) is 0 Å². The third-order valence-electron chi connectivity index (χ3n) is 3.43. The Morgan fingerprint density at radius 2 is 1.89 bits per heavy atom. The maximum Gasteiger partial charge on any atom is 0.337 e. The Labute approximate surface area is 116 Å². The largest absolute Gasteiger partial charge is 0.478 e. The molecule has 0 spiro atoms. The summed E-state index contributed by atoms with van der Waals surface area (Å²) < 4.78 is 0.798. The van der Waals surface area contributed by atoms with E-state index in [2.05, 4.69) is 21.2 Å². The fraction of sp³-hybridized carbons (Fsp3) is 0.500. The Balaban J connectivity index is 2.14. The summed E-state index contributed by atoms with van der Waals surface area (Å²) in [5.41, 5.74) is 1.08. The van der Waals surface area contributed by atoms with Crippen molar-refractivity contribution in [3.63, 3.8) is 0 Å². The van der Waals surface area contributed by atoms with E-state index in [-0.39, 0.29) is 0 Å². The average molecular weight is 312 g/mol. The molecule has 1 fully saturated rings. The summed E-state index contributed by atoms with van der Waals surface area (Å²) in [5.74, 6) is -0.882. The van der Waals surface area contributed by atoms with Crippen molar-refractivity contribution in [3.8, 4) is 0 Å². The van der Waals surface area contributed by atoms with Gasteiger partial charge in [-0.25, -0.2) is 4.79 Å². The normalized spacial score (nSPS) is 17.2. The molecule has 2 N–H and O–H groups in total. The third-order valence-corrected chi connectivity index (χ3v) is 3.92. The monoisotopic (exact) mass is 311 g/mol. The van der Waals surface area contributed by atoms with Crippen molar-refractivity contribution in [2.24, 2.45) is 0 Å². The molecular formula is C14H18BrNO2. The van der Waals surface area contributed by atoms with Crippen LogP contribution in [0.2, 0.25) is 0 Å². The van der Waals surface area contributed by atoms with Gasteiger partial charge < -0.3 is 10.4 Å². The van der Waals surface area contributed by atoms with Crippen molar-refractivity contribution in [2.75, 3.05) is 5.32 Å². The van der Waals surface area contributed by atoms with Gasteiger partial charge in [0.05, 0.1) is 5.56 Å². The van der Waals surface area contributed by atoms with Gasteiger partial charge in [-0.1, -0.05) is 41.6 Å². The number of anilines is 1. The highest BCUT2D eigenvalue weighted by Crippen LogP contribution is 2.25. The van der Waals surface area contributed by atoms with E-state index in [4.69, 9.17) is 0 Å². The van der Waals surface area contributed by atoms with Gasteiger partial charge in [0.15, 0.2) is 0 Å². The second-order valence-corrected chi connectivity index (χ2v) is 5.74. The van der Waals surface area contributed by atoms with Gasteiger partial charge >= 0.3 is 5.97 Å². The number of nitrogens with one attached hydrogen (secondary N) is 1. The molecule has 1 aromatic rings. The molecule has 0 aliphatic heterocycles. The molecule has 4 heteroatoms. The van der Waals surface area contributed by atoms with Gasteiger partial charge in [-0.05, 0) is 31.0 Å². The lowest BCUT2D eigenvalue weighted by Gasteiger charge is -2.19. The van der Waals surface area contributed by atoms with Crippen molar-refractivity contribution in [2.45, 2.75) is 44.6 Å². The van der Waals surface area contributed by atoms with Crippen LogP contribution >= 0.6 is 15.9 Å². The van der Waals surface area contributed by atoms with E-state index in [9.17, 15) is 9.90 Å². The van der Waals surface area contributed by atoms with Crippen LogP contribution in [0.3, 0.4) is 0 Å². The minimum atomic E-state index is -0.882. The van der Waals surface area contributed by atoms with Gasteiger partial charge in [-0.15, -0.1) is 0 Å². The summed E-state index contributed by atoms with van der Waals surface area (Å²) in [5, 5.41) is 12.6. The van der Waals surface area contributed by atoms with Crippen LogP contribution in [-0.2, 0) is 0 Å². The molecule has 98 valence electrons. The van der Waals surface area contributed by atoms with E-state index in [0.717, 1.165) is 23.0 Å². The first-order chi connectivity index (χ1) is 8.66. The molecule has 0 saturated heterocycles. The van der Waals surface area contributed by atoms with E-state index in [1.54, 1.807) is 6.07 Å². The Kier molecular flexibility index (Phi) is 4.64. The molecule has 0 bridgehead atoms. The zero-order chi connectivity index (χ0) is 13.0. The van der Waals surface area contributed by atoms with Crippen molar-refractivity contribution >= 4 is 27.6 Å². The lowest BCUT2D eigenvalue weighted by atomic mass is 10.1. The van der Waals surface area contributed by atoms with E-state index in [0.29, 0.717) is 11.6 Å². The van der Waals surface area contributed by atoms with Crippen LogP contribution in [0.5, 0.6) is 0 Å². The maximum absolute atomic E-state index is 11.2. The molecule has 0 unspecified atom stereocenters. The fourth-order valence-corrected chi connectivity index (χ4v) is 2.82. The predicted molar refractivity (Wildman–Crippen MR) is 76.2 cm³/mol. The maximum atomic E-state index is 11.2. The standard InChI is InChI=1S/C14H18BrNO2/c15-10-7-8-13(12(9-10)14(17)18)16-11-5-3-1-2-4-6-11/h7-9,11,16H,1-6H2,(H,17,18). The molecule has 2 rings (SSSR count). The molecule has 18 heavy (non-hydrogen) atoms. The van der Waals surface area contributed by atoms with Gasteiger partial charge in [-0.3, -0.25) is 0 Å². The zero-order valence-corrected chi connectivity index (χ0v) is 11.9. The summed E-state index contributed by atoms with van der Waals surface area (Å²) in [4.78, 5) is 11.2. The van der Waals surface area contributed by atoms with Crippen LogP contribution in [-0.4, -0.2) is 17.1 Å². The van der Waals surface area contributed by atoms with Crippen molar-refractivity contribution in [1.82, 2.24) is 0 Å². The summed E-state index contributed by atoms with van der Waals surface area (Å²) in [6.45, 7) is 0. The topological polar surface area (TPSA) is 49.3 Å². The molecule has 0 amide bonds. The number of carbonyl (C=O) groups is 1. The van der Waals surface area contributed by atoms with E-state index in [1.807, 2.05) is 12.1 Å². The highest BCUT2D eigenvalue weighted by molar-refractivity contribution is 9.10. The van der Waals surface area contributed by atoms with E-state index >= 15 is 0 Å². The van der Waals surface area contributed by atoms with Crippen LogP contribution < -0.4 is 5.32 Å². The molecule has 1 saturated carbocycles. The SMILES string of the molecule is O=C(O)c1cc(Br)ccc1NC1CCCCCC1. The molecule has 3 nitrogen and oxygen atoms in total. The van der Waals surface area contributed by atoms with Gasteiger partial charge in [0.25, 0.3) is 0 Å². The smallest absolute Gasteiger partial charge is 0.337 e. The molecular weight excluding hydrogens is 294 g/mol. The number of hydrogen-bond donors (Lipinski definition) is 2. The van der Waals surface area contributed by atoms with Crippen molar-refractivity contribution < 1.29 is 9.90 Å². The number of carboxylic acids is 1. The first-order valence-corrected chi connectivity index (χ1v) is 7.25. The van der Waals surface area contributed by atoms with E-state index in [1.165, 1.54) is 25.7 Å². The van der Waals surface area contributed by atoms with Crippen LogP contribution in [0.4, 0.5) is 5.69 Å². The number of carboxylic acid groups (broad SMARTS) is 1. The minimum absolute atomic E-state index is 0.341. The first-order valence-electron chi connectivity index (χ1n) is 6.46. The highest BCUT2D eigenvalue weighted by atomic mass is 79.9. The Bertz CT molecular complexity index is 426. The predicted octanol–water partition coefficient (Wildman–Crippen LogP) is 4.28. The molecule has 0 atom stereocenters. The molecule has 1 aromatic carbocycles. The zero-order valence-electron chi connectivity index (χ0n) is 10.3. The molecule has 0 radical (unpaired) electrons. The summed E-state index contributed by atoms with van der Waals surface area (Å²) in [6, 6.07) is 5.79. The van der Waals surface area contributed by atoms with Gasteiger partial charge in [-0.2, -0.15) is 0 Å². The molecule has 1 aliphatic rings. The summed E-state index contributed by atoms with van der Waals surface area (Å²) in [6.07, 6.45) is 7.33. The highest BCUT2D eigenvalue weighted by Gasteiger charge is 2.16. The number of rotatable bonds is 3. The quantitative estimate of drug-likeness (QED) is 0.819. The first kappa shape index (κ1) is 13.4. The Hall–Kier alpha value is -1.03. The summed E-state index contributed by atoms with van der Waals surface area (Å²) >= 11 is 3.31. The Morgan fingerprint density at radius 1 is 1.22 bits per heavy atom. The fourth-order valence-electron chi connectivity index (χ4n) is 2.46. The second kappa shape index (κ2) is 6.23. The van der Waals surface area contributed by atoms with E-state index < -0.39 is 5.97 Å². The van der Waals surface area contributed by atoms with Crippen LogP contribution in [0.1, 0.15) is 48.9 Å². The lowest BCUT2D eigenvalue weighted by molar-refractivity contribution is 0.0698. The molecule has 0 aromatic heterocycles. The summed E-state index contributed by atoms with van der Waals surface area (Å²) in [7, 11) is 0. The number of halogens is 1. The third kappa shape index (κ3) is 3.48. The molecule has 0 heterocycles. The second-order valence-electron chi connectivity index (χ2n) is 4.83. The lowest BCUT2D eigenvalue weighted by Crippen LogP contribution is -2.20. The number of hydrogen-bond acceptors (Lipinski definition) is 2. The minimum Gasteiger partial charge on any atom is -0.478 e. The van der Waals surface area contributed by atoms with Crippen LogP contribution in [0.15, 0.2) is 22.7 Å². The van der Waals surface area contributed by atoms with Crippen LogP contribution in [0.25, 0.3) is 0 Å².